The Balaban J connectivity index is 1.96. The van der Waals surface area contributed by atoms with Gasteiger partial charge in [0.1, 0.15) is 0 Å². The summed E-state index contributed by atoms with van der Waals surface area (Å²) >= 11 is 0. The van der Waals surface area contributed by atoms with Crippen molar-refractivity contribution in [2.75, 3.05) is 18.4 Å². The number of rotatable bonds is 4. The van der Waals surface area contributed by atoms with Crippen LogP contribution in [0.15, 0.2) is 24.3 Å². The fourth-order valence-electron chi connectivity index (χ4n) is 2.43. The molecule has 1 aliphatic rings. The number of piperidine rings is 1. The number of nitrogens with one attached hydrogen (secondary N) is 1. The number of hydrogen-bond donors (Lipinski definition) is 1. The smallest absolute Gasteiger partial charge is 0.253 e. The van der Waals surface area contributed by atoms with Crippen molar-refractivity contribution in [1.29, 1.82) is 0 Å². The molecule has 0 bridgehead atoms. The van der Waals surface area contributed by atoms with Crippen molar-refractivity contribution < 1.29 is 9.59 Å². The fraction of sp³-hybridized carbons (Fsp3) is 0.500. The molecule has 1 N–H and O–H groups in total. The van der Waals surface area contributed by atoms with Gasteiger partial charge in [0.2, 0.25) is 5.91 Å². The van der Waals surface area contributed by atoms with Crippen LogP contribution in [0, 0.1) is 0 Å². The van der Waals surface area contributed by atoms with E-state index in [9.17, 15) is 9.59 Å². The second-order valence-corrected chi connectivity index (χ2v) is 5.23. The van der Waals surface area contributed by atoms with Crippen LogP contribution in [0.1, 0.15) is 49.4 Å². The second-order valence-electron chi connectivity index (χ2n) is 5.23. The topological polar surface area (TPSA) is 49.4 Å². The number of carbonyl (C=O) groups excluding carboxylic acids is 2. The van der Waals surface area contributed by atoms with Crippen LogP contribution in [0.25, 0.3) is 0 Å². The summed E-state index contributed by atoms with van der Waals surface area (Å²) in [5.74, 6) is 0.110. The average molecular weight is 274 g/mol. The molecule has 1 aromatic carbocycles. The summed E-state index contributed by atoms with van der Waals surface area (Å²) < 4.78 is 0. The molecule has 0 spiro atoms. The lowest BCUT2D eigenvalue weighted by Gasteiger charge is -2.26. The molecule has 0 aliphatic carbocycles. The fourth-order valence-corrected chi connectivity index (χ4v) is 2.43. The maximum Gasteiger partial charge on any atom is 0.253 e. The minimum absolute atomic E-state index is 0.0163. The molecule has 0 aromatic heterocycles. The van der Waals surface area contributed by atoms with Gasteiger partial charge in [0, 0.05) is 30.8 Å². The van der Waals surface area contributed by atoms with Gasteiger partial charge in [-0.1, -0.05) is 6.92 Å². The van der Waals surface area contributed by atoms with Crippen LogP contribution in [0.4, 0.5) is 5.69 Å². The number of likely N-dealkylation sites (tertiary alicyclic amines) is 1. The summed E-state index contributed by atoms with van der Waals surface area (Å²) in [6, 6.07) is 7.17. The number of amides is 2. The first kappa shape index (κ1) is 14.6. The van der Waals surface area contributed by atoms with Crippen LogP contribution < -0.4 is 5.32 Å². The minimum Gasteiger partial charge on any atom is -0.339 e. The molecule has 1 aliphatic heterocycles. The highest BCUT2D eigenvalue weighted by atomic mass is 16.2. The Labute approximate surface area is 120 Å². The van der Waals surface area contributed by atoms with Gasteiger partial charge in [0.25, 0.3) is 5.91 Å². The SMILES string of the molecule is CCCC(=O)Nc1ccc(C(=O)N2CCCCC2)cc1. The van der Waals surface area contributed by atoms with Gasteiger partial charge in [-0.3, -0.25) is 9.59 Å². The molecule has 2 amide bonds. The molecule has 0 radical (unpaired) electrons. The van der Waals surface area contributed by atoms with Gasteiger partial charge in [-0.2, -0.15) is 0 Å². The van der Waals surface area contributed by atoms with Crippen molar-refractivity contribution in [3.05, 3.63) is 29.8 Å². The van der Waals surface area contributed by atoms with Crippen molar-refractivity contribution in [3.8, 4) is 0 Å². The number of hydrogen-bond acceptors (Lipinski definition) is 2. The third kappa shape index (κ3) is 3.83. The minimum atomic E-state index is 0.0163. The Bertz CT molecular complexity index is 462. The molecule has 0 atom stereocenters. The molecular formula is C16H22N2O2. The Hall–Kier alpha value is -1.84. The molecule has 108 valence electrons. The van der Waals surface area contributed by atoms with Crippen molar-refractivity contribution in [3.63, 3.8) is 0 Å². The van der Waals surface area contributed by atoms with Crippen LogP contribution in [0.2, 0.25) is 0 Å². The third-order valence-electron chi connectivity index (χ3n) is 3.54. The first-order chi connectivity index (χ1) is 9.70. The van der Waals surface area contributed by atoms with Crippen molar-refractivity contribution in [1.82, 2.24) is 4.90 Å². The Morgan fingerprint density at radius 3 is 2.35 bits per heavy atom. The number of nitrogens with zero attached hydrogens (tertiary/aromatic N) is 1. The summed E-state index contributed by atoms with van der Waals surface area (Å²) in [7, 11) is 0. The lowest BCUT2D eigenvalue weighted by molar-refractivity contribution is -0.116. The van der Waals surface area contributed by atoms with Crippen molar-refractivity contribution in [2.24, 2.45) is 0 Å². The van der Waals surface area contributed by atoms with Crippen LogP contribution in [-0.4, -0.2) is 29.8 Å². The summed E-state index contributed by atoms with van der Waals surface area (Å²) in [6.07, 6.45) is 4.76. The highest BCUT2D eigenvalue weighted by Crippen LogP contribution is 2.15. The Kier molecular flexibility index (Phi) is 5.16. The quantitative estimate of drug-likeness (QED) is 0.917. The van der Waals surface area contributed by atoms with Gasteiger partial charge in [0.15, 0.2) is 0 Å². The summed E-state index contributed by atoms with van der Waals surface area (Å²) in [5.41, 5.74) is 1.44. The maximum atomic E-state index is 12.3. The van der Waals surface area contributed by atoms with Crippen LogP contribution in [0.3, 0.4) is 0 Å². The Morgan fingerprint density at radius 2 is 1.75 bits per heavy atom. The first-order valence-electron chi connectivity index (χ1n) is 7.40. The van der Waals surface area contributed by atoms with Gasteiger partial charge in [-0.05, 0) is 49.9 Å². The van der Waals surface area contributed by atoms with E-state index in [2.05, 4.69) is 5.32 Å². The number of carbonyl (C=O) groups is 2. The van der Waals surface area contributed by atoms with E-state index in [1.807, 2.05) is 11.8 Å². The molecule has 1 saturated heterocycles. The van der Waals surface area contributed by atoms with Crippen LogP contribution in [0.5, 0.6) is 0 Å². The zero-order valence-electron chi connectivity index (χ0n) is 12.0. The predicted molar refractivity (Wildman–Crippen MR) is 79.7 cm³/mol. The van der Waals surface area contributed by atoms with Gasteiger partial charge in [-0.15, -0.1) is 0 Å². The molecule has 4 heteroatoms. The molecule has 1 aromatic rings. The largest absolute Gasteiger partial charge is 0.339 e. The second kappa shape index (κ2) is 7.08. The van der Waals surface area contributed by atoms with Gasteiger partial charge < -0.3 is 10.2 Å². The van der Waals surface area contributed by atoms with E-state index in [0.717, 1.165) is 38.0 Å². The summed E-state index contributed by atoms with van der Waals surface area (Å²) in [4.78, 5) is 25.7. The van der Waals surface area contributed by atoms with E-state index in [-0.39, 0.29) is 11.8 Å². The molecule has 0 unspecified atom stereocenters. The van der Waals surface area contributed by atoms with Gasteiger partial charge in [-0.25, -0.2) is 0 Å². The standard InChI is InChI=1S/C16H22N2O2/c1-2-6-15(19)17-14-9-7-13(8-10-14)16(20)18-11-4-3-5-12-18/h7-10H,2-6,11-12H2,1H3,(H,17,19). The van der Waals surface area contributed by atoms with Gasteiger partial charge in [0.05, 0.1) is 0 Å². The highest BCUT2D eigenvalue weighted by molar-refractivity contribution is 5.95. The van der Waals surface area contributed by atoms with E-state index < -0.39 is 0 Å². The lowest BCUT2D eigenvalue weighted by Crippen LogP contribution is -2.35. The highest BCUT2D eigenvalue weighted by Gasteiger charge is 2.17. The van der Waals surface area contributed by atoms with E-state index >= 15 is 0 Å². The maximum absolute atomic E-state index is 12.3. The molecule has 1 heterocycles. The number of anilines is 1. The van der Waals surface area contributed by atoms with Crippen molar-refractivity contribution >= 4 is 17.5 Å². The van der Waals surface area contributed by atoms with E-state index in [0.29, 0.717) is 12.0 Å². The van der Waals surface area contributed by atoms with Crippen molar-refractivity contribution in [2.45, 2.75) is 39.0 Å². The van der Waals surface area contributed by atoms with E-state index in [1.54, 1.807) is 24.3 Å². The third-order valence-corrected chi connectivity index (χ3v) is 3.54. The average Bonchev–Trinajstić information content (AvgIpc) is 2.48. The predicted octanol–water partition coefficient (Wildman–Crippen LogP) is 3.05. The first-order valence-corrected chi connectivity index (χ1v) is 7.40. The van der Waals surface area contributed by atoms with E-state index in [1.165, 1.54) is 6.42 Å². The summed E-state index contributed by atoms with van der Waals surface area (Å²) in [5, 5.41) is 2.82. The zero-order chi connectivity index (χ0) is 14.4. The molecular weight excluding hydrogens is 252 g/mol. The van der Waals surface area contributed by atoms with Crippen LogP contribution in [-0.2, 0) is 4.79 Å². The number of benzene rings is 1. The zero-order valence-corrected chi connectivity index (χ0v) is 12.0. The summed E-state index contributed by atoms with van der Waals surface area (Å²) in [6.45, 7) is 3.68. The molecule has 0 saturated carbocycles. The van der Waals surface area contributed by atoms with Crippen LogP contribution >= 0.6 is 0 Å². The molecule has 1 fully saturated rings. The van der Waals surface area contributed by atoms with E-state index in [4.69, 9.17) is 0 Å². The monoisotopic (exact) mass is 274 g/mol. The molecule has 4 nitrogen and oxygen atoms in total. The molecule has 20 heavy (non-hydrogen) atoms. The lowest BCUT2D eigenvalue weighted by atomic mass is 10.1. The van der Waals surface area contributed by atoms with Gasteiger partial charge >= 0.3 is 0 Å². The Morgan fingerprint density at radius 1 is 1.10 bits per heavy atom. The normalized spacial score (nSPS) is 14.9. The molecule has 2 rings (SSSR count).